The Hall–Kier alpha value is -0.340. The van der Waals surface area contributed by atoms with Gasteiger partial charge in [0.15, 0.2) is 0 Å². The predicted molar refractivity (Wildman–Crippen MR) is 61.0 cm³/mol. The van der Waals surface area contributed by atoms with Crippen LogP contribution in [0.15, 0.2) is 22.7 Å². The Kier molecular flexibility index (Phi) is 3.94. The lowest BCUT2D eigenvalue weighted by molar-refractivity contribution is 0.686. The van der Waals surface area contributed by atoms with Crippen LogP contribution in [0.1, 0.15) is 30.4 Å². The highest BCUT2D eigenvalue weighted by Crippen LogP contribution is 2.27. The van der Waals surface area contributed by atoms with E-state index in [0.29, 0.717) is 5.92 Å². The molecule has 72 valence electrons. The number of rotatable bonds is 3. The molecule has 0 saturated carbocycles. The molecule has 1 nitrogen and oxygen atoms in total. The Morgan fingerprint density at radius 1 is 1.46 bits per heavy atom. The maximum atomic E-state index is 5.54. The van der Waals surface area contributed by atoms with Crippen molar-refractivity contribution in [1.82, 2.24) is 0 Å². The van der Waals surface area contributed by atoms with Crippen molar-refractivity contribution >= 4 is 15.9 Å². The predicted octanol–water partition coefficient (Wildman–Crippen LogP) is 3.21. The lowest BCUT2D eigenvalue weighted by Crippen LogP contribution is -2.05. The maximum Gasteiger partial charge on any atom is 0.0207 e. The molecule has 0 amide bonds. The minimum atomic E-state index is 0.558. The molecule has 0 aliphatic heterocycles. The molecule has 0 aromatic heterocycles. The van der Waals surface area contributed by atoms with E-state index in [1.165, 1.54) is 15.6 Å². The molecule has 1 aromatic carbocycles. The Labute approximate surface area is 88.5 Å². The van der Waals surface area contributed by atoms with Gasteiger partial charge in [-0.15, -0.1) is 0 Å². The molecule has 0 aliphatic rings. The smallest absolute Gasteiger partial charge is 0.0207 e. The largest absolute Gasteiger partial charge is 0.330 e. The lowest BCUT2D eigenvalue weighted by Gasteiger charge is -2.14. The molecule has 2 N–H and O–H groups in total. The van der Waals surface area contributed by atoms with Crippen molar-refractivity contribution in [3.05, 3.63) is 33.8 Å². The van der Waals surface area contributed by atoms with Crippen molar-refractivity contribution in [2.45, 2.75) is 26.2 Å². The first-order valence-electron chi connectivity index (χ1n) is 4.62. The number of halogens is 1. The van der Waals surface area contributed by atoms with Crippen LogP contribution in [0.3, 0.4) is 0 Å². The summed E-state index contributed by atoms with van der Waals surface area (Å²) in [6, 6.07) is 6.34. The van der Waals surface area contributed by atoms with Gasteiger partial charge in [-0.25, -0.2) is 0 Å². The van der Waals surface area contributed by atoms with Gasteiger partial charge in [-0.05, 0) is 43.0 Å². The van der Waals surface area contributed by atoms with Crippen molar-refractivity contribution in [2.24, 2.45) is 5.73 Å². The summed E-state index contributed by atoms with van der Waals surface area (Å²) in [5.74, 6) is 0.558. The molecule has 2 heteroatoms. The van der Waals surface area contributed by atoms with Crippen molar-refractivity contribution in [3.8, 4) is 0 Å². The molecule has 13 heavy (non-hydrogen) atoms. The highest BCUT2D eigenvalue weighted by molar-refractivity contribution is 9.10. The normalized spacial score (nSPS) is 12.9. The fourth-order valence-electron chi connectivity index (χ4n) is 1.56. The van der Waals surface area contributed by atoms with Gasteiger partial charge in [0.2, 0.25) is 0 Å². The summed E-state index contributed by atoms with van der Waals surface area (Å²) < 4.78 is 1.19. The maximum absolute atomic E-state index is 5.54. The van der Waals surface area contributed by atoms with Gasteiger partial charge >= 0.3 is 0 Å². The van der Waals surface area contributed by atoms with Gasteiger partial charge in [-0.2, -0.15) is 0 Å². The molecule has 1 aromatic rings. The summed E-state index contributed by atoms with van der Waals surface area (Å²) in [6.45, 7) is 5.13. The van der Waals surface area contributed by atoms with Crippen LogP contribution in [0.2, 0.25) is 0 Å². The Morgan fingerprint density at radius 3 is 2.77 bits per heavy atom. The van der Waals surface area contributed by atoms with Gasteiger partial charge in [-0.3, -0.25) is 0 Å². The number of benzene rings is 1. The second-order valence-electron chi connectivity index (χ2n) is 3.43. The zero-order valence-electron chi connectivity index (χ0n) is 8.18. The van der Waals surface area contributed by atoms with E-state index in [1.807, 2.05) is 0 Å². The molecule has 1 rings (SSSR count). The summed E-state index contributed by atoms with van der Waals surface area (Å²) >= 11 is 3.53. The first-order valence-corrected chi connectivity index (χ1v) is 5.41. The van der Waals surface area contributed by atoms with E-state index in [1.54, 1.807) is 0 Å². The fourth-order valence-corrected chi connectivity index (χ4v) is 1.95. The van der Waals surface area contributed by atoms with Crippen molar-refractivity contribution in [2.75, 3.05) is 6.54 Å². The van der Waals surface area contributed by atoms with E-state index in [0.717, 1.165) is 13.0 Å². The van der Waals surface area contributed by atoms with Crippen LogP contribution >= 0.6 is 15.9 Å². The van der Waals surface area contributed by atoms with E-state index in [-0.39, 0.29) is 0 Å². The minimum absolute atomic E-state index is 0.558. The first-order chi connectivity index (χ1) is 6.16. The fraction of sp³-hybridized carbons (Fsp3) is 0.455. The molecular formula is C11H16BrN. The summed E-state index contributed by atoms with van der Waals surface area (Å²) in [7, 11) is 0. The average molecular weight is 242 g/mol. The molecule has 0 fully saturated rings. The standard InChI is InChI=1S/C11H16BrN/c1-8(6-7-13)10-4-3-5-11(12)9(10)2/h3-5,8H,6-7,13H2,1-2H3. The average Bonchev–Trinajstić information content (AvgIpc) is 2.10. The van der Waals surface area contributed by atoms with E-state index >= 15 is 0 Å². The number of nitrogens with two attached hydrogens (primary N) is 1. The third-order valence-electron chi connectivity index (χ3n) is 2.44. The quantitative estimate of drug-likeness (QED) is 0.865. The molecule has 0 heterocycles. The van der Waals surface area contributed by atoms with Gasteiger partial charge in [0, 0.05) is 4.47 Å². The zero-order valence-corrected chi connectivity index (χ0v) is 9.76. The van der Waals surface area contributed by atoms with E-state index < -0.39 is 0 Å². The van der Waals surface area contributed by atoms with Gasteiger partial charge in [0.1, 0.15) is 0 Å². The highest BCUT2D eigenvalue weighted by atomic mass is 79.9. The minimum Gasteiger partial charge on any atom is -0.330 e. The van der Waals surface area contributed by atoms with E-state index in [2.05, 4.69) is 48.0 Å². The molecule has 0 bridgehead atoms. The van der Waals surface area contributed by atoms with Gasteiger partial charge < -0.3 is 5.73 Å². The van der Waals surface area contributed by atoms with Crippen LogP contribution in [-0.4, -0.2) is 6.54 Å². The lowest BCUT2D eigenvalue weighted by atomic mass is 9.94. The van der Waals surface area contributed by atoms with E-state index in [4.69, 9.17) is 5.73 Å². The van der Waals surface area contributed by atoms with Crippen LogP contribution in [0.25, 0.3) is 0 Å². The summed E-state index contributed by atoms with van der Waals surface area (Å²) in [5.41, 5.74) is 8.28. The van der Waals surface area contributed by atoms with Gasteiger partial charge in [-0.1, -0.05) is 35.0 Å². The van der Waals surface area contributed by atoms with Crippen LogP contribution in [0, 0.1) is 6.92 Å². The number of hydrogen-bond donors (Lipinski definition) is 1. The van der Waals surface area contributed by atoms with Crippen LogP contribution < -0.4 is 5.73 Å². The van der Waals surface area contributed by atoms with Crippen molar-refractivity contribution in [1.29, 1.82) is 0 Å². The third-order valence-corrected chi connectivity index (χ3v) is 3.30. The topological polar surface area (TPSA) is 26.0 Å². The molecule has 0 saturated heterocycles. The Morgan fingerprint density at radius 2 is 2.15 bits per heavy atom. The monoisotopic (exact) mass is 241 g/mol. The van der Waals surface area contributed by atoms with Crippen molar-refractivity contribution in [3.63, 3.8) is 0 Å². The second-order valence-corrected chi connectivity index (χ2v) is 4.29. The summed E-state index contributed by atoms with van der Waals surface area (Å²) in [5, 5.41) is 0. The zero-order chi connectivity index (χ0) is 9.84. The van der Waals surface area contributed by atoms with Gasteiger partial charge in [0.05, 0.1) is 0 Å². The van der Waals surface area contributed by atoms with Gasteiger partial charge in [0.25, 0.3) is 0 Å². The first kappa shape index (κ1) is 10.7. The molecule has 1 unspecified atom stereocenters. The summed E-state index contributed by atoms with van der Waals surface area (Å²) in [6.07, 6.45) is 1.05. The van der Waals surface area contributed by atoms with Crippen LogP contribution in [-0.2, 0) is 0 Å². The Balaban J connectivity index is 2.93. The second kappa shape index (κ2) is 4.77. The SMILES string of the molecule is Cc1c(Br)cccc1C(C)CCN. The third kappa shape index (κ3) is 2.55. The molecule has 0 radical (unpaired) electrons. The molecule has 0 spiro atoms. The number of hydrogen-bond acceptors (Lipinski definition) is 1. The molecule has 0 aliphatic carbocycles. The van der Waals surface area contributed by atoms with Crippen molar-refractivity contribution < 1.29 is 0 Å². The molecule has 1 atom stereocenters. The Bertz CT molecular complexity index is 283. The highest BCUT2D eigenvalue weighted by Gasteiger charge is 2.08. The van der Waals surface area contributed by atoms with Crippen LogP contribution in [0.5, 0.6) is 0 Å². The molecular weight excluding hydrogens is 226 g/mol. The van der Waals surface area contributed by atoms with Crippen LogP contribution in [0.4, 0.5) is 0 Å². The summed E-state index contributed by atoms with van der Waals surface area (Å²) in [4.78, 5) is 0. The van der Waals surface area contributed by atoms with E-state index in [9.17, 15) is 0 Å².